The smallest absolute Gasteiger partial charge is 0.433 e. The van der Waals surface area contributed by atoms with Gasteiger partial charge in [0.05, 0.1) is 6.61 Å². The molecule has 0 aromatic heterocycles. The molecular weight excluding hydrogens is 348 g/mol. The quantitative estimate of drug-likeness (QED) is 0.300. The molecule has 0 unspecified atom stereocenters. The highest BCUT2D eigenvalue weighted by Gasteiger charge is 2.01. The van der Waals surface area contributed by atoms with Crippen LogP contribution in [-0.2, 0) is 9.47 Å². The Morgan fingerprint density at radius 2 is 1.14 bits per heavy atom. The van der Waals surface area contributed by atoms with Crippen LogP contribution < -0.4 is 0 Å². The third kappa shape index (κ3) is 20.7. The van der Waals surface area contributed by atoms with Crippen molar-refractivity contribution in [3.63, 3.8) is 0 Å². The summed E-state index contributed by atoms with van der Waals surface area (Å²) in [5, 5.41) is 0. The van der Waals surface area contributed by atoms with Gasteiger partial charge >= 0.3 is 6.16 Å². The summed E-state index contributed by atoms with van der Waals surface area (Å²) in [6.07, 6.45) is 18.5. The zero-order chi connectivity index (χ0) is 20.5. The van der Waals surface area contributed by atoms with E-state index in [9.17, 15) is 4.79 Å². The Kier molecular flexibility index (Phi) is 19.1. The molecule has 3 nitrogen and oxygen atoms in total. The molecule has 0 bridgehead atoms. The van der Waals surface area contributed by atoms with E-state index >= 15 is 0 Å². The summed E-state index contributed by atoms with van der Waals surface area (Å²) in [7, 11) is 0. The Morgan fingerprint density at radius 1 is 0.679 bits per heavy atom. The predicted octanol–water partition coefficient (Wildman–Crippen LogP) is 4.67. The highest BCUT2D eigenvalue weighted by atomic mass is 16.7. The van der Waals surface area contributed by atoms with Gasteiger partial charge in [-0.3, -0.25) is 0 Å². The van der Waals surface area contributed by atoms with E-state index < -0.39 is 6.16 Å². The van der Waals surface area contributed by atoms with E-state index in [1.165, 1.54) is 51.4 Å². The lowest BCUT2D eigenvalue weighted by atomic mass is 10.1. The van der Waals surface area contributed by atoms with Crippen LogP contribution >= 0.6 is 0 Å². The molecule has 0 N–H and O–H groups in total. The predicted molar refractivity (Wildman–Crippen MR) is 112 cm³/mol. The van der Waals surface area contributed by atoms with Crippen molar-refractivity contribution in [2.24, 2.45) is 0 Å². The van der Waals surface area contributed by atoms with E-state index in [1.807, 2.05) is 0 Å². The van der Waals surface area contributed by atoms with Crippen LogP contribution in [0.2, 0.25) is 0 Å². The first-order valence-corrected chi connectivity index (χ1v) is 9.60. The maximum Gasteiger partial charge on any atom is 0.522 e. The molecule has 0 fully saturated rings. The standard InChI is InChI=1S/C25H26O3/c1-3-5-7-9-11-13-15-17-19-21-23-27-25(26)28-24-22-20-18-16-14-12-10-8-6-4-2/h1H,4,6,8,10,12,14,16,18,20,22,24H2,2H3. The summed E-state index contributed by atoms with van der Waals surface area (Å²) >= 11 is 0. The molecule has 0 amide bonds. The number of rotatable bonds is 11. The van der Waals surface area contributed by atoms with Gasteiger partial charge in [-0.1, -0.05) is 64.7 Å². The Morgan fingerprint density at radius 3 is 1.68 bits per heavy atom. The van der Waals surface area contributed by atoms with E-state index in [0.29, 0.717) is 6.61 Å². The van der Waals surface area contributed by atoms with Crippen LogP contribution in [0, 0.1) is 71.7 Å². The summed E-state index contributed by atoms with van der Waals surface area (Å²) < 4.78 is 9.49. The van der Waals surface area contributed by atoms with Crippen molar-refractivity contribution in [2.75, 3.05) is 6.61 Å². The molecular formula is C25H26O3. The molecule has 3 heteroatoms. The van der Waals surface area contributed by atoms with Crippen LogP contribution in [0.4, 0.5) is 4.79 Å². The summed E-state index contributed by atoms with van der Waals surface area (Å²) in [5.74, 6) is 23.8. The Balaban J connectivity index is 3.63. The average molecular weight is 374 g/mol. The molecule has 0 spiro atoms. The molecule has 0 saturated heterocycles. The fourth-order valence-electron chi connectivity index (χ4n) is 2.12. The molecule has 0 aliphatic rings. The minimum absolute atomic E-state index is 0.343. The highest BCUT2D eigenvalue weighted by Crippen LogP contribution is 2.10. The van der Waals surface area contributed by atoms with E-state index in [0.717, 1.165) is 12.8 Å². The second kappa shape index (κ2) is 21.7. The summed E-state index contributed by atoms with van der Waals surface area (Å²) in [6.45, 7) is 2.57. The van der Waals surface area contributed by atoms with Gasteiger partial charge in [-0.25, -0.2) is 4.79 Å². The average Bonchev–Trinajstić information content (AvgIpc) is 2.70. The summed E-state index contributed by atoms with van der Waals surface area (Å²) in [6, 6.07) is 0. The lowest BCUT2D eigenvalue weighted by Crippen LogP contribution is -2.05. The number of terminal acetylenes is 1. The molecule has 0 aliphatic heterocycles. The highest BCUT2D eigenvalue weighted by molar-refractivity contribution is 5.61. The Labute approximate surface area is 170 Å². The molecule has 0 heterocycles. The van der Waals surface area contributed by atoms with E-state index in [1.54, 1.807) is 0 Å². The van der Waals surface area contributed by atoms with Crippen LogP contribution in [0.25, 0.3) is 0 Å². The number of hydrogen-bond acceptors (Lipinski definition) is 3. The van der Waals surface area contributed by atoms with Crippen LogP contribution in [0.3, 0.4) is 0 Å². The second-order valence-electron chi connectivity index (χ2n) is 5.75. The van der Waals surface area contributed by atoms with Gasteiger partial charge in [0.2, 0.25) is 0 Å². The molecule has 28 heavy (non-hydrogen) atoms. The van der Waals surface area contributed by atoms with Gasteiger partial charge in [-0.2, -0.15) is 0 Å². The zero-order valence-corrected chi connectivity index (χ0v) is 16.6. The molecule has 0 radical (unpaired) electrons. The summed E-state index contributed by atoms with van der Waals surface area (Å²) in [5.41, 5.74) is 0. The minimum Gasteiger partial charge on any atom is -0.433 e. The van der Waals surface area contributed by atoms with Crippen molar-refractivity contribution in [3.8, 4) is 71.7 Å². The van der Waals surface area contributed by atoms with Crippen LogP contribution in [0.5, 0.6) is 0 Å². The largest absolute Gasteiger partial charge is 0.522 e. The molecule has 0 rings (SSSR count). The number of carbonyl (C=O) groups excluding carboxylic acids is 1. The van der Waals surface area contributed by atoms with E-state index in [4.69, 9.17) is 11.2 Å². The maximum atomic E-state index is 11.3. The Bertz CT molecular complexity index is 787. The number of carbonyl (C=O) groups is 1. The first kappa shape index (κ1) is 24.6. The van der Waals surface area contributed by atoms with Crippen molar-refractivity contribution in [1.82, 2.24) is 0 Å². The molecule has 144 valence electrons. The molecule has 0 aliphatic carbocycles. The van der Waals surface area contributed by atoms with Gasteiger partial charge in [0.25, 0.3) is 0 Å². The fourth-order valence-corrected chi connectivity index (χ4v) is 2.12. The third-order valence-electron chi connectivity index (χ3n) is 3.48. The van der Waals surface area contributed by atoms with Gasteiger partial charge < -0.3 is 9.47 Å². The lowest BCUT2D eigenvalue weighted by Gasteiger charge is -2.03. The monoisotopic (exact) mass is 374 g/mol. The molecule has 0 atom stereocenters. The number of hydrogen-bond donors (Lipinski definition) is 0. The lowest BCUT2D eigenvalue weighted by molar-refractivity contribution is 0.0886. The number of unbranched alkanes of at least 4 members (excludes halogenated alkanes) is 9. The van der Waals surface area contributed by atoms with E-state index in [2.05, 4.69) is 77.0 Å². The van der Waals surface area contributed by atoms with Crippen LogP contribution in [0.15, 0.2) is 0 Å². The first-order chi connectivity index (χ1) is 13.8. The van der Waals surface area contributed by atoms with Crippen molar-refractivity contribution < 1.29 is 14.3 Å². The van der Waals surface area contributed by atoms with Gasteiger partial charge in [-0.05, 0) is 36.0 Å². The molecule has 0 aromatic carbocycles. The van der Waals surface area contributed by atoms with Gasteiger partial charge in [0.1, 0.15) is 6.11 Å². The van der Waals surface area contributed by atoms with Crippen molar-refractivity contribution in [2.45, 2.75) is 71.1 Å². The van der Waals surface area contributed by atoms with Gasteiger partial charge in [0, 0.05) is 29.6 Å². The van der Waals surface area contributed by atoms with Crippen molar-refractivity contribution in [1.29, 1.82) is 0 Å². The zero-order valence-electron chi connectivity index (χ0n) is 16.6. The normalized spacial score (nSPS) is 7.71. The third-order valence-corrected chi connectivity index (χ3v) is 3.48. The van der Waals surface area contributed by atoms with Crippen molar-refractivity contribution >= 4 is 6.16 Å². The SMILES string of the molecule is C#CC#CC#CC#CC#CC#COC(=O)OCCCCCCCCCCCC. The molecule has 0 aromatic rings. The van der Waals surface area contributed by atoms with Crippen molar-refractivity contribution in [3.05, 3.63) is 0 Å². The van der Waals surface area contributed by atoms with Crippen LogP contribution in [0.1, 0.15) is 71.1 Å². The first-order valence-electron chi connectivity index (χ1n) is 9.60. The molecule has 0 saturated carbocycles. The maximum absolute atomic E-state index is 11.3. The van der Waals surface area contributed by atoms with Crippen LogP contribution in [-0.4, -0.2) is 12.8 Å². The second-order valence-corrected chi connectivity index (χ2v) is 5.75. The van der Waals surface area contributed by atoms with Gasteiger partial charge in [-0.15, -0.1) is 6.42 Å². The fraction of sp³-hybridized carbons (Fsp3) is 0.480. The Hall–Kier alpha value is -3.37. The minimum atomic E-state index is -0.811. The topological polar surface area (TPSA) is 35.5 Å². The number of ether oxygens (including phenoxy) is 2. The van der Waals surface area contributed by atoms with E-state index in [-0.39, 0.29) is 0 Å². The van der Waals surface area contributed by atoms with Gasteiger partial charge in [0.15, 0.2) is 0 Å². The summed E-state index contributed by atoms with van der Waals surface area (Å²) in [4.78, 5) is 11.3.